The van der Waals surface area contributed by atoms with Crippen LogP contribution in [0.15, 0.2) is 0 Å². The van der Waals surface area contributed by atoms with Crippen molar-refractivity contribution in [3.05, 3.63) is 0 Å². The van der Waals surface area contributed by atoms with Gasteiger partial charge in [0.05, 0.1) is 18.0 Å². The Morgan fingerprint density at radius 3 is 2.65 bits per heavy atom. The van der Waals surface area contributed by atoms with Crippen molar-refractivity contribution in [2.24, 2.45) is 5.92 Å². The van der Waals surface area contributed by atoms with Crippen molar-refractivity contribution in [3.8, 4) is 0 Å². The third-order valence-corrected chi connectivity index (χ3v) is 4.95. The monoisotopic (exact) mass is 389 g/mol. The first-order valence-corrected chi connectivity index (χ1v) is 9.36. The van der Waals surface area contributed by atoms with Gasteiger partial charge in [-0.3, -0.25) is 19.6 Å². The number of nitrogens with zero attached hydrogens (tertiary/aromatic N) is 2. The summed E-state index contributed by atoms with van der Waals surface area (Å²) in [5, 5.41) is 13.7. The van der Waals surface area contributed by atoms with Crippen LogP contribution in [0.25, 0.3) is 0 Å². The second kappa shape index (κ2) is 6.48. The van der Waals surface area contributed by atoms with E-state index in [1.54, 1.807) is 0 Å². The highest BCUT2D eigenvalue weighted by atomic mass is 32.3. The Labute approximate surface area is 149 Å². The Balaban J connectivity index is 1.59. The molecule has 0 aromatic heterocycles. The van der Waals surface area contributed by atoms with Crippen molar-refractivity contribution in [1.82, 2.24) is 20.6 Å². The van der Waals surface area contributed by atoms with Crippen LogP contribution in [0.4, 0.5) is 4.79 Å². The van der Waals surface area contributed by atoms with Gasteiger partial charge >= 0.3 is 16.4 Å². The number of piperidine rings is 1. The lowest BCUT2D eigenvalue weighted by Crippen LogP contribution is -2.51. The van der Waals surface area contributed by atoms with Crippen LogP contribution < -0.4 is 10.6 Å². The van der Waals surface area contributed by atoms with E-state index in [-0.39, 0.29) is 24.3 Å². The van der Waals surface area contributed by atoms with Crippen molar-refractivity contribution in [1.29, 1.82) is 5.41 Å². The molecule has 0 aromatic rings. The molecule has 3 fully saturated rings. The minimum atomic E-state index is -4.83. The van der Waals surface area contributed by atoms with E-state index in [4.69, 9.17) is 9.96 Å². The van der Waals surface area contributed by atoms with E-state index in [1.165, 1.54) is 11.8 Å². The fourth-order valence-electron chi connectivity index (χ4n) is 3.35. The molecule has 3 aliphatic rings. The zero-order valence-corrected chi connectivity index (χ0v) is 14.7. The van der Waals surface area contributed by atoms with Crippen LogP contribution in [0, 0.1) is 11.3 Å². The van der Waals surface area contributed by atoms with Crippen LogP contribution in [0.2, 0.25) is 0 Å². The van der Waals surface area contributed by atoms with Crippen LogP contribution in [-0.2, 0) is 24.3 Å². The number of amides is 4. The molecule has 1 saturated carbocycles. The van der Waals surface area contributed by atoms with Crippen LogP contribution in [0.1, 0.15) is 26.2 Å². The lowest BCUT2D eigenvalue weighted by molar-refractivity contribution is -0.121. The summed E-state index contributed by atoms with van der Waals surface area (Å²) in [5.41, 5.74) is 0. The molecule has 1 aliphatic carbocycles. The van der Waals surface area contributed by atoms with Crippen LogP contribution in [0.5, 0.6) is 0 Å². The van der Waals surface area contributed by atoms with Gasteiger partial charge in [0.25, 0.3) is 0 Å². The van der Waals surface area contributed by atoms with Crippen molar-refractivity contribution in [3.63, 3.8) is 0 Å². The smallest absolute Gasteiger partial charge is 0.353 e. The summed E-state index contributed by atoms with van der Waals surface area (Å²) < 4.78 is 34.8. The van der Waals surface area contributed by atoms with Crippen LogP contribution >= 0.6 is 0 Å². The summed E-state index contributed by atoms with van der Waals surface area (Å²) in [4.78, 5) is 36.6. The second-order valence-electron chi connectivity index (χ2n) is 6.56. The zero-order valence-electron chi connectivity index (χ0n) is 13.8. The predicted octanol–water partition coefficient (Wildman–Crippen LogP) is -1.39. The summed E-state index contributed by atoms with van der Waals surface area (Å²) in [5.74, 6) is -1.23. The van der Waals surface area contributed by atoms with E-state index >= 15 is 0 Å². The van der Waals surface area contributed by atoms with Gasteiger partial charge in [-0.1, -0.05) is 0 Å². The third-order valence-electron chi connectivity index (χ3n) is 4.60. The number of carbonyl (C=O) groups excluding carboxylic acids is 3. The van der Waals surface area contributed by atoms with Gasteiger partial charge in [0.15, 0.2) is 0 Å². The molecule has 0 spiro atoms. The summed E-state index contributed by atoms with van der Waals surface area (Å²) in [6.07, 6.45) is 1.17. The third kappa shape index (κ3) is 3.78. The van der Waals surface area contributed by atoms with Gasteiger partial charge in [-0.15, -0.1) is 4.28 Å². The van der Waals surface area contributed by atoms with Gasteiger partial charge in [0, 0.05) is 19.5 Å². The molecule has 4 amide bonds. The number of hydrogen-bond donors (Lipinski definition) is 4. The van der Waals surface area contributed by atoms with Crippen molar-refractivity contribution in [2.75, 3.05) is 6.54 Å². The molecule has 2 saturated heterocycles. The van der Waals surface area contributed by atoms with E-state index in [2.05, 4.69) is 14.9 Å². The molecule has 13 heteroatoms. The average Bonchev–Trinajstić information content (AvgIpc) is 3.24. The Bertz CT molecular complexity index is 769. The van der Waals surface area contributed by atoms with E-state index in [1.807, 2.05) is 0 Å². The highest BCUT2D eigenvalue weighted by molar-refractivity contribution is 7.80. The Hall–Kier alpha value is -2.25. The topological polar surface area (TPSA) is 169 Å². The predicted molar refractivity (Wildman–Crippen MR) is 85.0 cm³/mol. The molecule has 2 aliphatic heterocycles. The maximum atomic E-state index is 12.3. The number of fused-ring (bicyclic) bond motifs is 2. The second-order valence-corrected chi connectivity index (χ2v) is 7.57. The fourth-order valence-corrected chi connectivity index (χ4v) is 3.73. The highest BCUT2D eigenvalue weighted by Gasteiger charge is 2.49. The number of urea groups is 1. The van der Waals surface area contributed by atoms with Crippen molar-refractivity contribution in [2.45, 2.75) is 44.3 Å². The van der Waals surface area contributed by atoms with Gasteiger partial charge in [0.2, 0.25) is 11.8 Å². The SMILES string of the molecule is CC(=O)NC1CC1C(=O)NC(=N)C1CCC2CN1C(=O)N2OS(=O)(=O)O. The standard InChI is InChI=1S/C13H19N5O7S/c1-6(19)15-9-4-8(9)12(20)16-11(14)10-3-2-7-5-17(10)13(21)18(7)25-26(22,23)24/h7-10H,2-5H2,1H3,(H,15,19)(H2,14,16,20)(H,22,23,24). The Morgan fingerprint density at radius 1 is 1.35 bits per heavy atom. The molecule has 144 valence electrons. The van der Waals surface area contributed by atoms with Crippen LogP contribution in [0.3, 0.4) is 0 Å². The maximum absolute atomic E-state index is 12.3. The molecule has 3 rings (SSSR count). The van der Waals surface area contributed by atoms with Crippen molar-refractivity contribution < 1.29 is 31.6 Å². The molecule has 4 unspecified atom stereocenters. The summed E-state index contributed by atoms with van der Waals surface area (Å²) in [6, 6.07) is -2.33. The number of amidine groups is 1. The van der Waals surface area contributed by atoms with Gasteiger partial charge in [-0.25, -0.2) is 4.79 Å². The molecule has 4 N–H and O–H groups in total. The summed E-state index contributed by atoms with van der Waals surface area (Å²) >= 11 is 0. The molecule has 0 radical (unpaired) electrons. The van der Waals surface area contributed by atoms with Gasteiger partial charge < -0.3 is 15.5 Å². The van der Waals surface area contributed by atoms with E-state index in [0.717, 1.165) is 0 Å². The molecule has 2 heterocycles. The molecule has 0 aromatic carbocycles. The highest BCUT2D eigenvalue weighted by Crippen LogP contribution is 2.32. The Morgan fingerprint density at radius 2 is 2.04 bits per heavy atom. The van der Waals surface area contributed by atoms with Gasteiger partial charge in [0.1, 0.15) is 5.84 Å². The number of carbonyl (C=O) groups is 3. The molecule has 4 atom stereocenters. The first-order valence-electron chi connectivity index (χ1n) is 8.00. The van der Waals surface area contributed by atoms with E-state index < -0.39 is 40.3 Å². The number of rotatable bonds is 5. The van der Waals surface area contributed by atoms with Gasteiger partial charge in [-0.05, 0) is 19.3 Å². The number of hydrogen-bond acceptors (Lipinski definition) is 7. The first-order chi connectivity index (χ1) is 12.1. The number of nitrogens with one attached hydrogen (secondary N) is 3. The summed E-state index contributed by atoms with van der Waals surface area (Å²) in [6.45, 7) is 1.47. The van der Waals surface area contributed by atoms with Gasteiger partial charge in [-0.2, -0.15) is 13.5 Å². The largest absolute Gasteiger partial charge is 0.418 e. The minimum Gasteiger partial charge on any atom is -0.353 e. The van der Waals surface area contributed by atoms with E-state index in [0.29, 0.717) is 24.3 Å². The summed E-state index contributed by atoms with van der Waals surface area (Å²) in [7, 11) is -4.83. The maximum Gasteiger partial charge on any atom is 0.418 e. The minimum absolute atomic E-state index is 0.120. The zero-order chi connectivity index (χ0) is 19.2. The quantitative estimate of drug-likeness (QED) is 0.255. The van der Waals surface area contributed by atoms with Crippen LogP contribution in [-0.4, -0.2) is 71.3 Å². The average molecular weight is 389 g/mol. The molecule has 26 heavy (non-hydrogen) atoms. The lowest BCUT2D eigenvalue weighted by Gasteiger charge is -2.30. The molecule has 12 nitrogen and oxygen atoms in total. The molecule has 2 bridgehead atoms. The molecular weight excluding hydrogens is 370 g/mol. The van der Waals surface area contributed by atoms with Crippen molar-refractivity contribution >= 4 is 34.1 Å². The first kappa shape index (κ1) is 18.5. The Kier molecular flexibility index (Phi) is 4.62. The molecular formula is C13H19N5O7S. The fraction of sp³-hybridized carbons (Fsp3) is 0.692. The number of hydroxylamine groups is 2. The lowest BCUT2D eigenvalue weighted by atomic mass is 10.00. The normalized spacial score (nSPS) is 30.2. The van der Waals surface area contributed by atoms with E-state index in [9.17, 15) is 22.8 Å².